The van der Waals surface area contributed by atoms with Gasteiger partial charge in [-0.05, 0) is 47.6 Å². The number of fused-ring (bicyclic) bond motifs is 1. The number of benzene rings is 1. The fraction of sp³-hybridized carbons (Fsp3) is 0.474. The average molecular weight is 351 g/mol. The molecule has 26 heavy (non-hydrogen) atoms. The van der Waals surface area contributed by atoms with Crippen molar-refractivity contribution in [1.82, 2.24) is 5.06 Å². The summed E-state index contributed by atoms with van der Waals surface area (Å²) in [7, 11) is 1.41. The van der Waals surface area contributed by atoms with Crippen molar-refractivity contribution >= 4 is 23.8 Å². The molecule has 6 saturated carbocycles. The predicted octanol–water partition coefficient (Wildman–Crippen LogP) is 0.652. The summed E-state index contributed by atoms with van der Waals surface area (Å²) in [6, 6.07) is 6.43. The fourth-order valence-corrected chi connectivity index (χ4v) is 7.93. The van der Waals surface area contributed by atoms with Crippen LogP contribution in [-0.2, 0) is 19.2 Å². The molecule has 6 aliphatic carbocycles. The Balaban J connectivity index is 1.15. The zero-order valence-corrected chi connectivity index (χ0v) is 13.7. The molecule has 0 aromatic heterocycles. The van der Waals surface area contributed by atoms with Crippen molar-refractivity contribution in [3.8, 4) is 0 Å². The average Bonchev–Trinajstić information content (AvgIpc) is 2.92. The fourth-order valence-electron chi connectivity index (χ4n) is 7.93. The molecular formula is C19H13NO6. The van der Waals surface area contributed by atoms with Gasteiger partial charge >= 0.3 is 11.9 Å². The topological polar surface area (TPSA) is 90.0 Å². The SMILES string of the molecule is COC(=O)C12C3C4C1C1C2C3C41C(=O)ON1C(=O)c2ccccc2C1=O. The van der Waals surface area contributed by atoms with Gasteiger partial charge in [0.15, 0.2) is 0 Å². The van der Waals surface area contributed by atoms with E-state index in [1.807, 2.05) is 0 Å². The summed E-state index contributed by atoms with van der Waals surface area (Å²) in [6.07, 6.45) is 0. The largest absolute Gasteiger partial charge is 0.469 e. The second-order valence-electron chi connectivity index (χ2n) is 8.34. The van der Waals surface area contributed by atoms with Gasteiger partial charge < -0.3 is 9.57 Å². The van der Waals surface area contributed by atoms with Gasteiger partial charge in [-0.1, -0.05) is 17.2 Å². The first-order valence-electron chi connectivity index (χ1n) is 8.82. The summed E-state index contributed by atoms with van der Waals surface area (Å²) in [5.41, 5.74) is -0.384. The van der Waals surface area contributed by atoms with Gasteiger partial charge in [0, 0.05) is 0 Å². The first-order valence-corrected chi connectivity index (χ1v) is 8.82. The van der Waals surface area contributed by atoms with E-state index in [0.29, 0.717) is 5.06 Å². The number of hydrogen-bond donors (Lipinski definition) is 0. The number of carbonyl (C=O) groups is 4. The molecule has 0 saturated heterocycles. The highest BCUT2D eigenvalue weighted by atomic mass is 16.7. The molecule has 1 aromatic rings. The summed E-state index contributed by atoms with van der Waals surface area (Å²) in [4.78, 5) is 55.1. The van der Waals surface area contributed by atoms with Crippen molar-refractivity contribution in [2.75, 3.05) is 7.11 Å². The highest BCUT2D eigenvalue weighted by Crippen LogP contribution is 3.10. The van der Waals surface area contributed by atoms with Crippen LogP contribution in [0.3, 0.4) is 0 Å². The van der Waals surface area contributed by atoms with E-state index in [9.17, 15) is 19.2 Å². The number of carbonyl (C=O) groups excluding carboxylic acids is 4. The maximum Gasteiger partial charge on any atom is 0.340 e. The van der Waals surface area contributed by atoms with Crippen molar-refractivity contribution in [3.05, 3.63) is 35.4 Å². The first kappa shape index (κ1) is 13.5. The van der Waals surface area contributed by atoms with E-state index in [-0.39, 0.29) is 58.0 Å². The third kappa shape index (κ3) is 0.839. The van der Waals surface area contributed by atoms with Crippen LogP contribution in [0.15, 0.2) is 24.3 Å². The van der Waals surface area contributed by atoms with Crippen LogP contribution in [0.1, 0.15) is 20.7 Å². The van der Waals surface area contributed by atoms with Gasteiger partial charge in [0.1, 0.15) is 0 Å². The van der Waals surface area contributed by atoms with E-state index in [1.165, 1.54) is 7.11 Å². The molecule has 1 heterocycles. The standard InChI is InChI=1S/C19H13NO6/c1-25-16(23)18-8-11-9(18)13-10(18)12(8)19(11,13)17(24)26-20-14(21)6-4-2-3-5-7(6)15(20)22/h2-5,8-13H,1H3. The molecule has 0 unspecified atom stereocenters. The summed E-state index contributed by atoms with van der Waals surface area (Å²) >= 11 is 0. The molecule has 1 aliphatic heterocycles. The van der Waals surface area contributed by atoms with E-state index in [1.54, 1.807) is 24.3 Å². The second kappa shape index (κ2) is 3.43. The third-order valence-electron chi connectivity index (χ3n) is 8.45. The lowest BCUT2D eigenvalue weighted by Crippen LogP contribution is -3.12. The molecule has 0 bridgehead atoms. The molecule has 0 atom stereocenters. The molecule has 0 radical (unpaired) electrons. The van der Waals surface area contributed by atoms with Crippen LogP contribution in [0.25, 0.3) is 0 Å². The number of methoxy groups -OCH3 is 1. The van der Waals surface area contributed by atoms with Crippen molar-refractivity contribution in [3.63, 3.8) is 0 Å². The Morgan fingerprint density at radius 3 is 1.69 bits per heavy atom. The maximum absolute atomic E-state index is 12.9. The number of hydroxylamine groups is 2. The number of rotatable bonds is 3. The Morgan fingerprint density at radius 2 is 1.27 bits per heavy atom. The van der Waals surface area contributed by atoms with Gasteiger partial charge in [-0.3, -0.25) is 14.4 Å². The van der Waals surface area contributed by atoms with Crippen LogP contribution in [0.5, 0.6) is 0 Å². The van der Waals surface area contributed by atoms with Crippen molar-refractivity contribution in [1.29, 1.82) is 0 Å². The van der Waals surface area contributed by atoms with E-state index in [2.05, 4.69) is 0 Å². The molecule has 130 valence electrons. The summed E-state index contributed by atoms with van der Waals surface area (Å²) in [5.74, 6) is -0.655. The van der Waals surface area contributed by atoms with E-state index < -0.39 is 23.2 Å². The quantitative estimate of drug-likeness (QED) is 0.587. The lowest BCUT2D eigenvalue weighted by molar-refractivity contribution is -0.629. The molecule has 7 nitrogen and oxygen atoms in total. The zero-order chi connectivity index (χ0) is 17.7. The number of hydrogen-bond acceptors (Lipinski definition) is 6. The van der Waals surface area contributed by atoms with Crippen LogP contribution >= 0.6 is 0 Å². The van der Waals surface area contributed by atoms with E-state index in [0.717, 1.165) is 0 Å². The Bertz CT molecular complexity index is 922. The molecule has 2 amide bonds. The van der Waals surface area contributed by atoms with E-state index in [4.69, 9.17) is 9.57 Å². The summed E-state index contributed by atoms with van der Waals surface area (Å²) in [6.45, 7) is 0. The van der Waals surface area contributed by atoms with Crippen LogP contribution in [0, 0.1) is 46.3 Å². The minimum absolute atomic E-state index is 0.136. The highest BCUT2D eigenvalue weighted by molar-refractivity contribution is 6.21. The van der Waals surface area contributed by atoms with Crippen molar-refractivity contribution < 1.29 is 28.8 Å². The lowest BCUT2D eigenvalue weighted by atomic mass is 8.92. The van der Waals surface area contributed by atoms with Gasteiger partial charge in [-0.15, -0.1) is 0 Å². The Hall–Kier alpha value is -2.70. The van der Waals surface area contributed by atoms with Gasteiger partial charge in [0.2, 0.25) is 0 Å². The van der Waals surface area contributed by atoms with Gasteiger partial charge in [-0.2, -0.15) is 0 Å². The number of nitrogens with zero attached hydrogens (tertiary/aromatic N) is 1. The molecule has 6 fully saturated rings. The Morgan fingerprint density at radius 1 is 0.846 bits per heavy atom. The molecular weight excluding hydrogens is 338 g/mol. The Kier molecular flexibility index (Phi) is 1.78. The van der Waals surface area contributed by atoms with Crippen LogP contribution < -0.4 is 0 Å². The monoisotopic (exact) mass is 351 g/mol. The minimum Gasteiger partial charge on any atom is -0.469 e. The van der Waals surface area contributed by atoms with Crippen LogP contribution in [0.2, 0.25) is 0 Å². The lowest BCUT2D eigenvalue weighted by Gasteiger charge is -3.08. The van der Waals surface area contributed by atoms with Gasteiger partial charge in [-0.25, -0.2) is 4.79 Å². The summed E-state index contributed by atoms with van der Waals surface area (Å²) in [5, 5.41) is 0.602. The minimum atomic E-state index is -0.595. The molecule has 1 aromatic carbocycles. The van der Waals surface area contributed by atoms with Crippen molar-refractivity contribution in [2.24, 2.45) is 46.3 Å². The molecule has 7 aliphatic rings. The van der Waals surface area contributed by atoms with Gasteiger partial charge in [0.05, 0.1) is 29.1 Å². The molecule has 7 heteroatoms. The summed E-state index contributed by atoms with van der Waals surface area (Å²) < 4.78 is 4.97. The molecule has 0 N–H and O–H groups in total. The molecule has 0 spiro atoms. The normalized spacial score (nSPS) is 48.9. The van der Waals surface area contributed by atoms with Crippen molar-refractivity contribution in [2.45, 2.75) is 0 Å². The number of esters is 1. The second-order valence-corrected chi connectivity index (χ2v) is 8.34. The van der Waals surface area contributed by atoms with Gasteiger partial charge in [0.25, 0.3) is 11.8 Å². The highest BCUT2D eigenvalue weighted by Gasteiger charge is 3.14. The number of ether oxygens (including phenoxy) is 1. The maximum atomic E-state index is 12.9. The number of amides is 2. The zero-order valence-electron chi connectivity index (χ0n) is 13.7. The van der Waals surface area contributed by atoms with Crippen LogP contribution in [0.4, 0.5) is 0 Å². The predicted molar refractivity (Wildman–Crippen MR) is 80.9 cm³/mol. The van der Waals surface area contributed by atoms with E-state index >= 15 is 0 Å². The van der Waals surface area contributed by atoms with Crippen LogP contribution in [-0.4, -0.2) is 35.9 Å². The smallest absolute Gasteiger partial charge is 0.340 e. The third-order valence-corrected chi connectivity index (χ3v) is 8.45. The molecule has 8 rings (SSSR count). The Labute approximate surface area is 147 Å². The first-order chi connectivity index (χ1) is 12.5. The number of imide groups is 1.